The highest BCUT2D eigenvalue weighted by Gasteiger charge is 2.25. The van der Waals surface area contributed by atoms with E-state index in [0.29, 0.717) is 0 Å². The summed E-state index contributed by atoms with van der Waals surface area (Å²) in [5.41, 5.74) is 0.443. The van der Waals surface area contributed by atoms with Crippen LogP contribution in [0.25, 0.3) is 0 Å². The monoisotopic (exact) mass is 235 g/mol. The molecule has 0 saturated carbocycles. The molecule has 3 heteroatoms. The van der Waals surface area contributed by atoms with E-state index in [4.69, 9.17) is 0 Å². The van der Waals surface area contributed by atoms with Gasteiger partial charge in [0.2, 0.25) is 5.91 Å². The van der Waals surface area contributed by atoms with Gasteiger partial charge in [-0.25, -0.2) is 0 Å². The van der Waals surface area contributed by atoms with Gasteiger partial charge in [0.05, 0.1) is 6.10 Å². The Morgan fingerprint density at radius 1 is 1.35 bits per heavy atom. The van der Waals surface area contributed by atoms with Gasteiger partial charge in [-0.3, -0.25) is 4.79 Å². The highest BCUT2D eigenvalue weighted by molar-refractivity contribution is 5.81. The average Bonchev–Trinajstić information content (AvgIpc) is 2.36. The van der Waals surface area contributed by atoms with E-state index in [1.165, 1.54) is 0 Å². The summed E-state index contributed by atoms with van der Waals surface area (Å²) in [6, 6.07) is 9.34. The Labute approximate surface area is 103 Å². The maximum atomic E-state index is 11.8. The Bertz CT molecular complexity index is 360. The number of rotatable bonds is 5. The molecule has 2 N–H and O–H groups in total. The van der Waals surface area contributed by atoms with E-state index < -0.39 is 6.10 Å². The van der Waals surface area contributed by atoms with Crippen molar-refractivity contribution in [1.29, 1.82) is 0 Å². The molecule has 94 valence electrons. The van der Waals surface area contributed by atoms with Crippen LogP contribution in [0.5, 0.6) is 0 Å². The second-order valence-electron chi connectivity index (χ2n) is 4.87. The molecule has 0 aliphatic heterocycles. The lowest BCUT2D eigenvalue weighted by atomic mass is 9.89. The summed E-state index contributed by atoms with van der Waals surface area (Å²) in [6.07, 6.45) is 0.132. The van der Waals surface area contributed by atoms with Gasteiger partial charge in [-0.15, -0.1) is 0 Å². The van der Waals surface area contributed by atoms with Crippen LogP contribution in [0.1, 0.15) is 38.9 Å². The molecule has 1 aromatic carbocycles. The van der Waals surface area contributed by atoms with Crippen molar-refractivity contribution in [1.82, 2.24) is 5.32 Å². The summed E-state index contributed by atoms with van der Waals surface area (Å²) < 4.78 is 0. The van der Waals surface area contributed by atoms with Gasteiger partial charge in [-0.05, 0) is 12.0 Å². The minimum atomic E-state index is -0.646. The van der Waals surface area contributed by atoms with Crippen LogP contribution in [0.3, 0.4) is 0 Å². The van der Waals surface area contributed by atoms with E-state index in [2.05, 4.69) is 5.32 Å². The van der Waals surface area contributed by atoms with Crippen LogP contribution in [0.2, 0.25) is 0 Å². The third-order valence-corrected chi connectivity index (χ3v) is 3.14. The molecule has 1 unspecified atom stereocenters. The van der Waals surface area contributed by atoms with E-state index in [-0.39, 0.29) is 17.9 Å². The molecule has 0 fully saturated rings. The first kappa shape index (κ1) is 13.7. The second-order valence-corrected chi connectivity index (χ2v) is 4.87. The Balaban J connectivity index is 2.49. The highest BCUT2D eigenvalue weighted by Crippen LogP contribution is 2.20. The standard InChI is InChI=1S/C14H21NO2/c1-4-14(2,3)13(17)15-10-12(16)11-8-6-5-7-9-11/h5-9,12,16H,4,10H2,1-3H3,(H,15,17). The third-order valence-electron chi connectivity index (χ3n) is 3.14. The van der Waals surface area contributed by atoms with E-state index in [9.17, 15) is 9.90 Å². The van der Waals surface area contributed by atoms with Crippen LogP contribution in [0.4, 0.5) is 0 Å². The van der Waals surface area contributed by atoms with Crippen molar-refractivity contribution in [3.63, 3.8) is 0 Å². The van der Waals surface area contributed by atoms with Crippen molar-refractivity contribution in [2.45, 2.75) is 33.3 Å². The fourth-order valence-corrected chi connectivity index (χ4v) is 1.38. The van der Waals surface area contributed by atoms with Crippen LogP contribution < -0.4 is 5.32 Å². The molecular weight excluding hydrogens is 214 g/mol. The topological polar surface area (TPSA) is 49.3 Å². The molecule has 1 atom stereocenters. The largest absolute Gasteiger partial charge is 0.387 e. The quantitative estimate of drug-likeness (QED) is 0.822. The van der Waals surface area contributed by atoms with Crippen molar-refractivity contribution in [3.8, 4) is 0 Å². The number of benzene rings is 1. The molecule has 17 heavy (non-hydrogen) atoms. The third kappa shape index (κ3) is 3.86. The summed E-state index contributed by atoms with van der Waals surface area (Å²) in [5.74, 6) is -0.0185. The number of amides is 1. The number of aliphatic hydroxyl groups excluding tert-OH is 1. The number of hydrogen-bond donors (Lipinski definition) is 2. The van der Waals surface area contributed by atoms with Crippen molar-refractivity contribution < 1.29 is 9.90 Å². The lowest BCUT2D eigenvalue weighted by Gasteiger charge is -2.22. The molecule has 0 aliphatic rings. The van der Waals surface area contributed by atoms with Crippen LogP contribution in [-0.2, 0) is 4.79 Å². The van der Waals surface area contributed by atoms with Crippen LogP contribution in [0, 0.1) is 5.41 Å². The van der Waals surface area contributed by atoms with Gasteiger partial charge in [0.15, 0.2) is 0 Å². The molecule has 1 amide bonds. The molecule has 0 saturated heterocycles. The van der Waals surface area contributed by atoms with Crippen molar-refractivity contribution in [2.75, 3.05) is 6.54 Å². The smallest absolute Gasteiger partial charge is 0.225 e. The first-order valence-electron chi connectivity index (χ1n) is 5.98. The summed E-state index contributed by atoms with van der Waals surface area (Å²) >= 11 is 0. The predicted molar refractivity (Wildman–Crippen MR) is 68.5 cm³/mol. The molecule has 0 aromatic heterocycles. The van der Waals surface area contributed by atoms with E-state index in [1.807, 2.05) is 51.1 Å². The van der Waals surface area contributed by atoms with Gasteiger partial charge >= 0.3 is 0 Å². The van der Waals surface area contributed by atoms with Crippen LogP contribution >= 0.6 is 0 Å². The normalized spacial score (nSPS) is 13.2. The Hall–Kier alpha value is -1.35. The van der Waals surface area contributed by atoms with Crippen LogP contribution in [-0.4, -0.2) is 17.6 Å². The molecule has 0 radical (unpaired) electrons. The molecule has 0 heterocycles. The molecule has 3 nitrogen and oxygen atoms in total. The summed E-state index contributed by atoms with van der Waals surface area (Å²) in [6.45, 7) is 6.04. The first-order chi connectivity index (χ1) is 7.97. The SMILES string of the molecule is CCC(C)(C)C(=O)NCC(O)c1ccccc1. The fourth-order valence-electron chi connectivity index (χ4n) is 1.38. The zero-order valence-corrected chi connectivity index (χ0v) is 10.7. The van der Waals surface area contributed by atoms with E-state index >= 15 is 0 Å². The molecule has 1 rings (SSSR count). The fraction of sp³-hybridized carbons (Fsp3) is 0.500. The van der Waals surface area contributed by atoms with E-state index in [0.717, 1.165) is 12.0 Å². The first-order valence-corrected chi connectivity index (χ1v) is 5.98. The number of nitrogens with one attached hydrogen (secondary N) is 1. The lowest BCUT2D eigenvalue weighted by molar-refractivity contribution is -0.130. The summed E-state index contributed by atoms with van der Waals surface area (Å²) in [4.78, 5) is 11.8. The van der Waals surface area contributed by atoms with Gasteiger partial charge in [0.25, 0.3) is 0 Å². The Morgan fingerprint density at radius 3 is 2.47 bits per heavy atom. The van der Waals surface area contributed by atoms with E-state index in [1.54, 1.807) is 0 Å². The molecule has 1 aromatic rings. The van der Waals surface area contributed by atoms with Gasteiger partial charge in [0.1, 0.15) is 0 Å². The van der Waals surface area contributed by atoms with Gasteiger partial charge in [-0.1, -0.05) is 51.1 Å². The zero-order chi connectivity index (χ0) is 12.9. The molecule has 0 bridgehead atoms. The van der Waals surface area contributed by atoms with Crippen molar-refractivity contribution in [3.05, 3.63) is 35.9 Å². The maximum Gasteiger partial charge on any atom is 0.225 e. The van der Waals surface area contributed by atoms with Crippen LogP contribution in [0.15, 0.2) is 30.3 Å². The summed E-state index contributed by atoms with van der Waals surface area (Å²) in [5, 5.41) is 12.7. The van der Waals surface area contributed by atoms with Gasteiger partial charge in [0, 0.05) is 12.0 Å². The average molecular weight is 235 g/mol. The van der Waals surface area contributed by atoms with Gasteiger partial charge < -0.3 is 10.4 Å². The van der Waals surface area contributed by atoms with Crippen molar-refractivity contribution >= 4 is 5.91 Å². The molecule has 0 spiro atoms. The van der Waals surface area contributed by atoms with Crippen molar-refractivity contribution in [2.24, 2.45) is 5.41 Å². The van der Waals surface area contributed by atoms with Gasteiger partial charge in [-0.2, -0.15) is 0 Å². The Morgan fingerprint density at radius 2 is 1.94 bits per heavy atom. The predicted octanol–water partition coefficient (Wildman–Crippen LogP) is 2.27. The zero-order valence-electron chi connectivity index (χ0n) is 10.7. The second kappa shape index (κ2) is 5.82. The minimum absolute atomic E-state index is 0.0185. The number of carbonyl (C=O) groups is 1. The lowest BCUT2D eigenvalue weighted by Crippen LogP contribution is -2.38. The summed E-state index contributed by atoms with van der Waals surface area (Å²) in [7, 11) is 0. The highest BCUT2D eigenvalue weighted by atomic mass is 16.3. The molecular formula is C14H21NO2. The number of carbonyl (C=O) groups excluding carboxylic acids is 1. The number of hydrogen-bond acceptors (Lipinski definition) is 2. The minimum Gasteiger partial charge on any atom is -0.387 e. The number of aliphatic hydroxyl groups is 1. The maximum absolute atomic E-state index is 11.8. The molecule has 0 aliphatic carbocycles. The Kier molecular flexibility index (Phi) is 4.70.